The number of benzene rings is 7. The summed E-state index contributed by atoms with van der Waals surface area (Å²) in [7, 11) is -2.71. The van der Waals surface area contributed by atoms with Gasteiger partial charge < -0.3 is 14.4 Å². The Morgan fingerprint density at radius 1 is 0.479 bits per heavy atom. The Balaban J connectivity index is 1.25. The van der Waals surface area contributed by atoms with Gasteiger partial charge in [0.1, 0.15) is 23.0 Å². The molecule has 0 aliphatic carbocycles. The van der Waals surface area contributed by atoms with E-state index in [1.165, 1.54) is 48.6 Å². The monoisotopic (exact) mass is 631 g/mol. The Bertz CT molecular complexity index is 2300. The maximum atomic E-state index is 6.81. The van der Waals surface area contributed by atoms with E-state index in [2.05, 4.69) is 176 Å². The number of nitrogens with zero attached hydrogens (tertiary/aromatic N) is 1. The first-order valence-corrected chi connectivity index (χ1v) is 18.5. The molecular formula is C43H30BNO2Si. The van der Waals surface area contributed by atoms with Gasteiger partial charge in [-0.05, 0) is 68.4 Å². The maximum absolute atomic E-state index is 6.81. The van der Waals surface area contributed by atoms with Crippen LogP contribution in [0.3, 0.4) is 0 Å². The molecule has 0 unspecified atom stereocenters. The molecule has 0 fully saturated rings. The number of fused-ring (bicyclic) bond motifs is 6. The van der Waals surface area contributed by atoms with Gasteiger partial charge >= 0.3 is 0 Å². The van der Waals surface area contributed by atoms with Gasteiger partial charge in [0.05, 0.1) is 5.69 Å². The second-order valence-electron chi connectivity index (χ2n) is 12.9. The van der Waals surface area contributed by atoms with Gasteiger partial charge in [-0.25, -0.2) is 0 Å². The van der Waals surface area contributed by atoms with Crippen LogP contribution in [0.2, 0.25) is 0 Å². The van der Waals surface area contributed by atoms with Crippen molar-refractivity contribution in [3.05, 3.63) is 169 Å². The average Bonchev–Trinajstić information content (AvgIpc) is 3.14. The lowest BCUT2D eigenvalue weighted by Crippen LogP contribution is -2.77. The van der Waals surface area contributed by atoms with Crippen molar-refractivity contribution in [3.8, 4) is 23.0 Å². The summed E-state index contributed by atoms with van der Waals surface area (Å²) in [5, 5.41) is 5.46. The van der Waals surface area contributed by atoms with E-state index in [4.69, 9.17) is 9.47 Å². The average molecular weight is 632 g/mol. The molecule has 3 aliphatic heterocycles. The topological polar surface area (TPSA) is 21.7 Å². The van der Waals surface area contributed by atoms with Gasteiger partial charge in [-0.1, -0.05) is 127 Å². The van der Waals surface area contributed by atoms with E-state index < -0.39 is 8.07 Å². The molecule has 0 amide bonds. The molecule has 226 valence electrons. The standard InChI is InChI=1S/C43H30BNO2Si/c1-29-24-25-34-38(26-29)47-40-28-30(27-39-43(40)44(34)33-18-8-11-21-37(33)46-39)45-35-19-9-12-22-41(35)48(31-14-4-2-5-15-31,32-16-6-3-7-17-32)42-23-13-10-20-36(42)45/h2-28H,1H3. The third-order valence-corrected chi connectivity index (χ3v) is 15.2. The molecule has 0 saturated carbocycles. The van der Waals surface area contributed by atoms with Gasteiger partial charge in [0.15, 0.2) is 8.07 Å². The van der Waals surface area contributed by atoms with Crippen LogP contribution in [0.15, 0.2) is 164 Å². The van der Waals surface area contributed by atoms with Gasteiger partial charge in [-0.15, -0.1) is 0 Å². The molecule has 0 radical (unpaired) electrons. The van der Waals surface area contributed by atoms with E-state index in [0.29, 0.717) is 0 Å². The molecule has 5 heteroatoms. The minimum atomic E-state index is -2.71. The van der Waals surface area contributed by atoms with Crippen molar-refractivity contribution in [3.63, 3.8) is 0 Å². The zero-order valence-electron chi connectivity index (χ0n) is 26.4. The van der Waals surface area contributed by atoms with Crippen molar-refractivity contribution in [2.45, 2.75) is 6.92 Å². The predicted octanol–water partition coefficient (Wildman–Crippen LogP) is 5.88. The molecule has 0 N–H and O–H groups in total. The first-order valence-electron chi connectivity index (χ1n) is 16.5. The van der Waals surface area contributed by atoms with Crippen LogP contribution >= 0.6 is 0 Å². The molecule has 0 saturated heterocycles. The molecule has 3 aliphatic rings. The first kappa shape index (κ1) is 27.3. The van der Waals surface area contributed by atoms with Gasteiger partial charge in [0.2, 0.25) is 0 Å². The molecule has 3 nitrogen and oxygen atoms in total. The highest BCUT2D eigenvalue weighted by atomic mass is 28.3. The quantitative estimate of drug-likeness (QED) is 0.228. The summed E-state index contributed by atoms with van der Waals surface area (Å²) in [6.45, 7) is 2.16. The number of anilines is 3. The number of aryl methyl sites for hydroxylation is 1. The van der Waals surface area contributed by atoms with E-state index in [-0.39, 0.29) is 6.71 Å². The summed E-state index contributed by atoms with van der Waals surface area (Å²) in [4.78, 5) is 2.42. The van der Waals surface area contributed by atoms with Crippen molar-refractivity contribution in [1.82, 2.24) is 0 Å². The fourth-order valence-electron chi connectivity index (χ4n) is 8.36. The lowest BCUT2D eigenvalue weighted by Gasteiger charge is -2.45. The maximum Gasteiger partial charge on any atom is 0.260 e. The minimum Gasteiger partial charge on any atom is -0.458 e. The zero-order chi connectivity index (χ0) is 31.8. The Hall–Kier alpha value is -5.78. The fraction of sp³-hybridized carbons (Fsp3) is 0.0233. The van der Waals surface area contributed by atoms with Crippen molar-refractivity contribution in [2.24, 2.45) is 0 Å². The summed E-state index contributed by atoms with van der Waals surface area (Å²) in [6.07, 6.45) is 0. The normalized spacial score (nSPS) is 14.4. The molecule has 48 heavy (non-hydrogen) atoms. The molecular weight excluding hydrogens is 601 g/mol. The molecule has 10 rings (SSSR count). The Morgan fingerprint density at radius 3 is 1.65 bits per heavy atom. The summed E-state index contributed by atoms with van der Waals surface area (Å²) in [6, 6.07) is 59.7. The highest BCUT2D eigenvalue weighted by Crippen LogP contribution is 2.43. The number of rotatable bonds is 3. The van der Waals surface area contributed by atoms with Crippen molar-refractivity contribution in [1.29, 1.82) is 0 Å². The molecule has 7 aromatic carbocycles. The third-order valence-electron chi connectivity index (χ3n) is 10.3. The summed E-state index contributed by atoms with van der Waals surface area (Å²) in [5.41, 5.74) is 7.99. The Labute approximate surface area is 281 Å². The fourth-order valence-corrected chi connectivity index (χ4v) is 13.5. The van der Waals surface area contributed by atoms with E-state index >= 15 is 0 Å². The first-order chi connectivity index (χ1) is 23.7. The second-order valence-corrected chi connectivity index (χ2v) is 16.7. The SMILES string of the molecule is Cc1ccc2c(c1)Oc1cc(N3c4ccccc4[Si](c4ccccc4)(c4ccccc4)c4ccccc43)cc3c1B2c1ccccc1O3. The van der Waals surface area contributed by atoms with E-state index in [0.717, 1.165) is 34.1 Å². The van der Waals surface area contributed by atoms with Gasteiger partial charge in [0, 0.05) is 29.0 Å². The van der Waals surface area contributed by atoms with Crippen molar-refractivity contribution >= 4 is 69.0 Å². The lowest BCUT2D eigenvalue weighted by atomic mass is 9.35. The van der Waals surface area contributed by atoms with Crippen LogP contribution in [0, 0.1) is 6.92 Å². The highest BCUT2D eigenvalue weighted by Gasteiger charge is 2.49. The van der Waals surface area contributed by atoms with Gasteiger partial charge in [0.25, 0.3) is 6.71 Å². The zero-order valence-corrected chi connectivity index (χ0v) is 27.4. The van der Waals surface area contributed by atoms with Crippen LogP contribution in [0.5, 0.6) is 23.0 Å². The predicted molar refractivity (Wildman–Crippen MR) is 201 cm³/mol. The molecule has 0 bridgehead atoms. The van der Waals surface area contributed by atoms with Crippen LogP contribution < -0.4 is 51.5 Å². The molecule has 0 spiro atoms. The lowest BCUT2D eigenvalue weighted by molar-refractivity contribution is 0.464. The van der Waals surface area contributed by atoms with Crippen LogP contribution in [-0.4, -0.2) is 14.8 Å². The molecule has 7 aromatic rings. The van der Waals surface area contributed by atoms with Crippen LogP contribution in [-0.2, 0) is 0 Å². The number of ether oxygens (including phenoxy) is 2. The summed E-state index contributed by atoms with van der Waals surface area (Å²) < 4.78 is 13.6. The van der Waals surface area contributed by atoms with E-state index in [1.807, 2.05) is 0 Å². The second kappa shape index (κ2) is 10.4. The summed E-state index contributed by atoms with van der Waals surface area (Å²) in [5.74, 6) is 3.49. The van der Waals surface area contributed by atoms with E-state index in [9.17, 15) is 0 Å². The molecule has 3 heterocycles. The van der Waals surface area contributed by atoms with Crippen LogP contribution in [0.25, 0.3) is 0 Å². The van der Waals surface area contributed by atoms with E-state index in [1.54, 1.807) is 0 Å². The number of hydrogen-bond acceptors (Lipinski definition) is 3. The molecule has 0 aromatic heterocycles. The van der Waals surface area contributed by atoms with Gasteiger partial charge in [-0.2, -0.15) is 0 Å². The Morgan fingerprint density at radius 2 is 1.00 bits per heavy atom. The summed E-state index contributed by atoms with van der Waals surface area (Å²) >= 11 is 0. The van der Waals surface area contributed by atoms with Crippen molar-refractivity contribution in [2.75, 3.05) is 4.90 Å². The van der Waals surface area contributed by atoms with Crippen LogP contribution in [0.1, 0.15) is 5.56 Å². The Kier molecular flexibility index (Phi) is 5.90. The highest BCUT2D eigenvalue weighted by molar-refractivity contribution is 7.21. The minimum absolute atomic E-state index is 0.0375. The largest absolute Gasteiger partial charge is 0.458 e. The molecule has 0 atom stereocenters. The third kappa shape index (κ3) is 3.76. The van der Waals surface area contributed by atoms with Crippen LogP contribution in [0.4, 0.5) is 17.1 Å². The number of para-hydroxylation sites is 3. The van der Waals surface area contributed by atoms with Crippen molar-refractivity contribution < 1.29 is 9.47 Å². The smallest absolute Gasteiger partial charge is 0.260 e. The van der Waals surface area contributed by atoms with Gasteiger partial charge in [-0.3, -0.25) is 0 Å². The number of hydrogen-bond donors (Lipinski definition) is 0.